The summed E-state index contributed by atoms with van der Waals surface area (Å²) in [4.78, 5) is 22.5. The normalized spacial score (nSPS) is 13.6. The standard InChI is InChI=1S/C24H27N3O3/c1-4-30-24(28)19-14(2)26-23-21(20(19)15-9-8-10-16(13-15)29-3)22(25)17-11-6-5-7-12-18(17)27-23/h8-10,13H,4-7,11-12H2,1-3H3,(H2,25,26,27). The predicted octanol–water partition coefficient (Wildman–Crippen LogP) is 4.64. The Labute approximate surface area is 176 Å². The van der Waals surface area contributed by atoms with Crippen molar-refractivity contribution in [1.82, 2.24) is 9.97 Å². The number of nitrogens with zero attached hydrogens (tertiary/aromatic N) is 2. The zero-order valence-electron chi connectivity index (χ0n) is 17.7. The van der Waals surface area contributed by atoms with Crippen LogP contribution in [-0.2, 0) is 17.6 Å². The molecule has 0 amide bonds. The quantitative estimate of drug-likeness (QED) is 0.502. The molecule has 0 atom stereocenters. The predicted molar refractivity (Wildman–Crippen MR) is 118 cm³/mol. The van der Waals surface area contributed by atoms with Crippen molar-refractivity contribution in [2.45, 2.75) is 46.0 Å². The maximum Gasteiger partial charge on any atom is 0.340 e. The van der Waals surface area contributed by atoms with Crippen LogP contribution in [0.1, 0.15) is 53.5 Å². The second kappa shape index (κ2) is 8.30. The number of methoxy groups -OCH3 is 1. The van der Waals surface area contributed by atoms with Crippen LogP contribution < -0.4 is 10.5 Å². The second-order valence-electron chi connectivity index (χ2n) is 7.61. The number of hydrogen-bond donors (Lipinski definition) is 1. The summed E-state index contributed by atoms with van der Waals surface area (Å²) in [6.45, 7) is 3.90. The van der Waals surface area contributed by atoms with Gasteiger partial charge in [-0.25, -0.2) is 14.8 Å². The van der Waals surface area contributed by atoms with E-state index >= 15 is 0 Å². The Hall–Kier alpha value is -3.15. The lowest BCUT2D eigenvalue weighted by molar-refractivity contribution is 0.0526. The minimum Gasteiger partial charge on any atom is -0.497 e. The molecule has 0 unspecified atom stereocenters. The molecular formula is C24H27N3O3. The molecular weight excluding hydrogens is 378 g/mol. The van der Waals surface area contributed by atoms with Gasteiger partial charge in [0.2, 0.25) is 0 Å². The number of benzene rings is 1. The van der Waals surface area contributed by atoms with E-state index in [9.17, 15) is 4.79 Å². The summed E-state index contributed by atoms with van der Waals surface area (Å²) in [6, 6.07) is 7.63. The van der Waals surface area contributed by atoms with Crippen molar-refractivity contribution in [3.05, 3.63) is 46.8 Å². The van der Waals surface area contributed by atoms with E-state index in [1.54, 1.807) is 14.0 Å². The molecule has 2 heterocycles. The molecule has 1 aromatic carbocycles. The minimum absolute atomic E-state index is 0.284. The lowest BCUT2D eigenvalue weighted by Crippen LogP contribution is -2.13. The molecule has 2 aromatic heterocycles. The summed E-state index contributed by atoms with van der Waals surface area (Å²) in [5, 5.41) is 0.720. The fourth-order valence-electron chi connectivity index (χ4n) is 4.30. The Morgan fingerprint density at radius 2 is 1.97 bits per heavy atom. The highest BCUT2D eigenvalue weighted by atomic mass is 16.5. The van der Waals surface area contributed by atoms with Crippen molar-refractivity contribution in [2.75, 3.05) is 19.5 Å². The molecule has 1 aliphatic carbocycles. The fraction of sp³-hybridized carbons (Fsp3) is 0.375. The van der Waals surface area contributed by atoms with Crippen LogP contribution in [0.5, 0.6) is 5.75 Å². The van der Waals surface area contributed by atoms with E-state index < -0.39 is 5.97 Å². The highest BCUT2D eigenvalue weighted by Crippen LogP contribution is 2.40. The molecule has 6 nitrogen and oxygen atoms in total. The van der Waals surface area contributed by atoms with Crippen LogP contribution in [-0.4, -0.2) is 29.7 Å². The molecule has 0 spiro atoms. The van der Waals surface area contributed by atoms with Crippen LogP contribution in [0.15, 0.2) is 24.3 Å². The topological polar surface area (TPSA) is 87.3 Å². The van der Waals surface area contributed by atoms with Gasteiger partial charge in [0.25, 0.3) is 0 Å². The number of fused-ring (bicyclic) bond motifs is 2. The first kappa shape index (κ1) is 20.1. The third-order valence-electron chi connectivity index (χ3n) is 5.72. The summed E-state index contributed by atoms with van der Waals surface area (Å²) in [5.41, 5.74) is 12.7. The Balaban J connectivity index is 2.11. The molecule has 156 valence electrons. The maximum absolute atomic E-state index is 13.0. The largest absolute Gasteiger partial charge is 0.497 e. The summed E-state index contributed by atoms with van der Waals surface area (Å²) in [7, 11) is 1.62. The number of hydrogen-bond acceptors (Lipinski definition) is 6. The number of esters is 1. The zero-order valence-corrected chi connectivity index (χ0v) is 17.7. The number of rotatable bonds is 4. The smallest absolute Gasteiger partial charge is 0.340 e. The lowest BCUT2D eigenvalue weighted by atomic mass is 9.92. The first-order valence-electron chi connectivity index (χ1n) is 10.5. The van der Waals surface area contributed by atoms with Crippen molar-refractivity contribution < 1.29 is 14.3 Å². The van der Waals surface area contributed by atoms with Crippen LogP contribution >= 0.6 is 0 Å². The van der Waals surface area contributed by atoms with E-state index in [-0.39, 0.29) is 6.61 Å². The first-order chi connectivity index (χ1) is 14.5. The van der Waals surface area contributed by atoms with Crippen LogP contribution in [0, 0.1) is 6.92 Å². The molecule has 2 N–H and O–H groups in total. The number of nitrogens with two attached hydrogens (primary N) is 1. The van der Waals surface area contributed by atoms with Gasteiger partial charge in [-0.3, -0.25) is 0 Å². The Morgan fingerprint density at radius 3 is 2.73 bits per heavy atom. The molecule has 4 rings (SSSR count). The van der Waals surface area contributed by atoms with Crippen LogP contribution in [0.3, 0.4) is 0 Å². The fourth-order valence-corrected chi connectivity index (χ4v) is 4.30. The average molecular weight is 405 g/mol. The molecule has 30 heavy (non-hydrogen) atoms. The van der Waals surface area contributed by atoms with E-state index in [4.69, 9.17) is 20.2 Å². The van der Waals surface area contributed by atoms with Crippen LogP contribution in [0.25, 0.3) is 22.2 Å². The lowest BCUT2D eigenvalue weighted by Gasteiger charge is -2.19. The molecule has 0 bridgehead atoms. The first-order valence-corrected chi connectivity index (χ1v) is 10.5. The number of aromatic nitrogens is 2. The van der Waals surface area contributed by atoms with Gasteiger partial charge in [-0.15, -0.1) is 0 Å². The molecule has 0 saturated heterocycles. The van der Waals surface area contributed by atoms with E-state index in [1.807, 2.05) is 31.2 Å². The van der Waals surface area contributed by atoms with Gasteiger partial charge in [0, 0.05) is 16.9 Å². The molecule has 6 heteroatoms. The summed E-state index contributed by atoms with van der Waals surface area (Å²) in [6.07, 6.45) is 5.15. The van der Waals surface area contributed by atoms with Gasteiger partial charge < -0.3 is 15.2 Å². The molecule has 3 aromatic rings. The van der Waals surface area contributed by atoms with Crippen LogP contribution in [0.4, 0.5) is 5.69 Å². The van der Waals surface area contributed by atoms with E-state index in [0.717, 1.165) is 54.3 Å². The van der Waals surface area contributed by atoms with Crippen molar-refractivity contribution in [2.24, 2.45) is 0 Å². The summed E-state index contributed by atoms with van der Waals surface area (Å²) < 4.78 is 10.8. The monoisotopic (exact) mass is 405 g/mol. The van der Waals surface area contributed by atoms with Gasteiger partial charge in [0.1, 0.15) is 5.75 Å². The molecule has 0 radical (unpaired) electrons. The maximum atomic E-state index is 13.0. The zero-order chi connectivity index (χ0) is 21.3. The van der Waals surface area contributed by atoms with Crippen molar-refractivity contribution in [3.8, 4) is 16.9 Å². The van der Waals surface area contributed by atoms with E-state index in [0.29, 0.717) is 33.9 Å². The minimum atomic E-state index is -0.406. The highest BCUT2D eigenvalue weighted by Gasteiger charge is 2.26. The van der Waals surface area contributed by atoms with Gasteiger partial charge in [0.05, 0.1) is 30.4 Å². The SMILES string of the molecule is CCOC(=O)c1c(C)nc2nc3c(c(N)c2c1-c1cccc(OC)c1)CCCCC3. The second-order valence-corrected chi connectivity index (χ2v) is 7.61. The number of nitrogen functional groups attached to an aromatic ring is 1. The third-order valence-corrected chi connectivity index (χ3v) is 5.72. The van der Waals surface area contributed by atoms with Gasteiger partial charge in [0.15, 0.2) is 5.65 Å². The molecule has 0 saturated carbocycles. The van der Waals surface area contributed by atoms with Gasteiger partial charge in [-0.1, -0.05) is 18.6 Å². The summed E-state index contributed by atoms with van der Waals surface area (Å²) >= 11 is 0. The Kier molecular flexibility index (Phi) is 5.57. The van der Waals surface area contributed by atoms with Gasteiger partial charge in [-0.05, 0) is 62.8 Å². The molecule has 0 aliphatic heterocycles. The van der Waals surface area contributed by atoms with Crippen molar-refractivity contribution >= 4 is 22.7 Å². The Morgan fingerprint density at radius 1 is 1.17 bits per heavy atom. The average Bonchev–Trinajstić information content (AvgIpc) is 2.98. The van der Waals surface area contributed by atoms with Gasteiger partial charge >= 0.3 is 5.97 Å². The third kappa shape index (κ3) is 3.47. The van der Waals surface area contributed by atoms with E-state index in [1.165, 1.54) is 0 Å². The number of pyridine rings is 2. The van der Waals surface area contributed by atoms with Crippen molar-refractivity contribution in [1.29, 1.82) is 0 Å². The summed E-state index contributed by atoms with van der Waals surface area (Å²) in [5.74, 6) is 0.294. The number of ether oxygens (including phenoxy) is 2. The molecule has 0 fully saturated rings. The number of anilines is 1. The number of carbonyl (C=O) groups excluding carboxylic acids is 1. The Bertz CT molecular complexity index is 1120. The van der Waals surface area contributed by atoms with E-state index in [2.05, 4.69) is 4.98 Å². The number of aryl methyl sites for hydroxylation is 2. The highest BCUT2D eigenvalue weighted by molar-refractivity contribution is 6.11. The molecule has 1 aliphatic rings. The number of carbonyl (C=O) groups is 1. The van der Waals surface area contributed by atoms with Crippen molar-refractivity contribution in [3.63, 3.8) is 0 Å². The van der Waals surface area contributed by atoms with Gasteiger partial charge in [-0.2, -0.15) is 0 Å². The van der Waals surface area contributed by atoms with Crippen LogP contribution in [0.2, 0.25) is 0 Å².